The summed E-state index contributed by atoms with van der Waals surface area (Å²) in [5.41, 5.74) is -0.512. The molecule has 0 aliphatic heterocycles. The topological polar surface area (TPSA) is 31.9 Å². The normalized spacial score (nSPS) is 16.9. The largest absolute Gasteiger partial charge is 0.460 e. The average Bonchev–Trinajstić information content (AvgIpc) is 3.13. The number of halogens is 9. The molecular formula is C20H18F9N3. The molecular weight excluding hydrogens is 453 g/mol. The molecule has 1 aliphatic rings. The summed E-state index contributed by atoms with van der Waals surface area (Å²) in [6.45, 7) is 0. The summed E-state index contributed by atoms with van der Waals surface area (Å²) in [4.78, 5) is 1.84. The first-order valence-corrected chi connectivity index (χ1v) is 9.37. The molecule has 3 nitrogen and oxygen atoms in total. The molecule has 1 N–H and O–H groups in total. The Morgan fingerprint density at radius 2 is 1.47 bits per heavy atom. The fourth-order valence-electron chi connectivity index (χ4n) is 3.45. The Bertz CT molecular complexity index is 1000. The number of hydrogen-bond acceptors (Lipinski definition) is 2. The summed E-state index contributed by atoms with van der Waals surface area (Å²) >= 11 is 0. The number of nitrogens with one attached hydrogen (secondary N) is 1. The van der Waals surface area contributed by atoms with Crippen LogP contribution in [0, 0.1) is 0 Å². The molecule has 1 aliphatic carbocycles. The predicted molar refractivity (Wildman–Crippen MR) is 100 cm³/mol. The van der Waals surface area contributed by atoms with Gasteiger partial charge in [0.15, 0.2) is 0 Å². The lowest BCUT2D eigenvalue weighted by molar-refractivity contribution is -0.400. The van der Waals surface area contributed by atoms with Crippen LogP contribution in [-0.4, -0.2) is 42.3 Å². The van der Waals surface area contributed by atoms with E-state index in [-0.39, 0.29) is 18.5 Å². The highest BCUT2D eigenvalue weighted by atomic mass is 19.4. The van der Waals surface area contributed by atoms with E-state index in [2.05, 4.69) is 5.10 Å². The highest BCUT2D eigenvalue weighted by Gasteiger charge is 2.82. The summed E-state index contributed by atoms with van der Waals surface area (Å²) in [6, 6.07) is 6.99. The third-order valence-electron chi connectivity index (χ3n) is 5.25. The summed E-state index contributed by atoms with van der Waals surface area (Å²) < 4.78 is 120. The van der Waals surface area contributed by atoms with Gasteiger partial charge in [-0.15, -0.1) is 0 Å². The number of fused-ring (bicyclic) bond motifs is 1. The van der Waals surface area contributed by atoms with Crippen molar-refractivity contribution in [2.45, 2.75) is 43.2 Å². The van der Waals surface area contributed by atoms with Crippen molar-refractivity contribution in [3.8, 4) is 0 Å². The molecule has 32 heavy (non-hydrogen) atoms. The maximum absolute atomic E-state index is 14.4. The Morgan fingerprint density at radius 3 is 2.00 bits per heavy atom. The van der Waals surface area contributed by atoms with Crippen molar-refractivity contribution >= 4 is 17.3 Å². The molecule has 0 atom stereocenters. The summed E-state index contributed by atoms with van der Waals surface area (Å²) in [6.07, 6.45) is -5.01. The lowest BCUT2D eigenvalue weighted by atomic mass is 9.87. The van der Waals surface area contributed by atoms with E-state index in [1.165, 1.54) is 0 Å². The van der Waals surface area contributed by atoms with E-state index in [0.717, 1.165) is 5.69 Å². The van der Waals surface area contributed by atoms with Gasteiger partial charge in [0.25, 0.3) is 0 Å². The van der Waals surface area contributed by atoms with E-state index >= 15 is 0 Å². The molecule has 1 heterocycles. The minimum Gasteiger partial charge on any atom is -0.378 e. The molecule has 2 aromatic rings. The number of alkyl halides is 9. The molecule has 0 saturated heterocycles. The minimum atomic E-state index is -6.96. The van der Waals surface area contributed by atoms with Crippen LogP contribution >= 0.6 is 0 Å². The fraction of sp³-hybridized carbons (Fsp3) is 0.450. The zero-order valence-electron chi connectivity index (χ0n) is 16.8. The van der Waals surface area contributed by atoms with Gasteiger partial charge in [-0.3, -0.25) is 5.10 Å². The van der Waals surface area contributed by atoms with Crippen LogP contribution in [0.15, 0.2) is 24.3 Å². The lowest BCUT2D eigenvalue weighted by Gasteiger charge is -2.33. The number of benzene rings is 1. The standard InChI is InChI=1S/C20H18F9N3/c1-32(2)13-8-6-11(7-9-13)10-12-4-3-5-14-15(12)30-31-16(14)17(21,22)18(23,24)19(25,26)20(27,28)29/h6-10H,3-5H2,1-2H3,(H,30,31)/b12-10+. The Labute approximate surface area is 176 Å². The first-order chi connectivity index (χ1) is 14.6. The van der Waals surface area contributed by atoms with E-state index in [4.69, 9.17) is 0 Å². The van der Waals surface area contributed by atoms with Gasteiger partial charge in [-0.2, -0.15) is 44.6 Å². The number of allylic oxidation sites excluding steroid dienone is 1. The highest BCUT2D eigenvalue weighted by molar-refractivity contribution is 5.82. The average molecular weight is 471 g/mol. The summed E-state index contributed by atoms with van der Waals surface area (Å²) in [5.74, 6) is -19.5. The molecule has 0 spiro atoms. The van der Waals surface area contributed by atoms with Gasteiger partial charge in [0.2, 0.25) is 0 Å². The second-order valence-electron chi connectivity index (χ2n) is 7.66. The van der Waals surface area contributed by atoms with Gasteiger partial charge in [-0.25, -0.2) is 0 Å². The third kappa shape index (κ3) is 3.73. The van der Waals surface area contributed by atoms with Crippen LogP contribution in [0.3, 0.4) is 0 Å². The van der Waals surface area contributed by atoms with Gasteiger partial charge < -0.3 is 4.90 Å². The van der Waals surface area contributed by atoms with Crippen LogP contribution in [0.25, 0.3) is 11.6 Å². The molecule has 176 valence electrons. The van der Waals surface area contributed by atoms with Gasteiger partial charge in [0.05, 0.1) is 5.69 Å². The first kappa shape index (κ1) is 24.0. The second kappa shape index (κ2) is 7.73. The van der Waals surface area contributed by atoms with Gasteiger partial charge in [-0.1, -0.05) is 12.1 Å². The Kier molecular flexibility index (Phi) is 5.80. The molecule has 0 fully saturated rings. The van der Waals surface area contributed by atoms with Gasteiger partial charge in [0, 0.05) is 25.3 Å². The van der Waals surface area contributed by atoms with Crippen molar-refractivity contribution in [3.05, 3.63) is 46.8 Å². The van der Waals surface area contributed by atoms with Crippen molar-refractivity contribution in [2.75, 3.05) is 19.0 Å². The fourth-order valence-corrected chi connectivity index (χ4v) is 3.45. The number of aromatic amines is 1. The van der Waals surface area contributed by atoms with Crippen LogP contribution < -0.4 is 4.90 Å². The van der Waals surface area contributed by atoms with E-state index in [0.29, 0.717) is 17.6 Å². The number of anilines is 1. The van der Waals surface area contributed by atoms with Gasteiger partial charge >= 0.3 is 23.9 Å². The summed E-state index contributed by atoms with van der Waals surface area (Å²) in [7, 11) is 3.65. The van der Waals surface area contributed by atoms with Crippen LogP contribution in [-0.2, 0) is 12.3 Å². The van der Waals surface area contributed by atoms with Gasteiger partial charge in [0.1, 0.15) is 5.69 Å². The lowest BCUT2D eigenvalue weighted by Crippen LogP contribution is -2.59. The molecule has 0 radical (unpaired) electrons. The molecule has 1 aromatic carbocycles. The van der Waals surface area contributed by atoms with Crippen LogP contribution in [0.2, 0.25) is 0 Å². The maximum Gasteiger partial charge on any atom is 0.460 e. The zero-order chi connectivity index (χ0) is 24.1. The number of nitrogens with zero attached hydrogens (tertiary/aromatic N) is 2. The SMILES string of the molecule is CN(C)c1ccc(/C=C2\CCCc3c2n[nH]c3C(F)(F)C(F)(F)C(F)(F)C(F)(F)F)cc1. The Morgan fingerprint density at radius 1 is 0.875 bits per heavy atom. The minimum absolute atomic E-state index is 0.159. The summed E-state index contributed by atoms with van der Waals surface area (Å²) in [5, 5.41) is 5.16. The van der Waals surface area contributed by atoms with E-state index in [1.807, 2.05) is 19.0 Å². The van der Waals surface area contributed by atoms with E-state index in [1.54, 1.807) is 35.4 Å². The Hall–Kier alpha value is -2.66. The third-order valence-corrected chi connectivity index (χ3v) is 5.25. The number of rotatable bonds is 5. The van der Waals surface area contributed by atoms with E-state index in [9.17, 15) is 39.5 Å². The highest BCUT2D eigenvalue weighted by Crippen LogP contribution is 2.57. The zero-order valence-corrected chi connectivity index (χ0v) is 16.8. The monoisotopic (exact) mass is 471 g/mol. The van der Waals surface area contributed by atoms with Crippen LogP contribution in [0.4, 0.5) is 45.2 Å². The van der Waals surface area contributed by atoms with Gasteiger partial charge in [-0.05, 0) is 48.6 Å². The van der Waals surface area contributed by atoms with Crippen molar-refractivity contribution in [1.29, 1.82) is 0 Å². The van der Waals surface area contributed by atoms with Crippen LogP contribution in [0.1, 0.15) is 35.4 Å². The second-order valence-corrected chi connectivity index (χ2v) is 7.66. The maximum atomic E-state index is 14.4. The number of aromatic nitrogens is 2. The number of hydrogen-bond donors (Lipinski definition) is 1. The molecule has 0 unspecified atom stereocenters. The van der Waals surface area contributed by atoms with Crippen molar-refractivity contribution in [2.24, 2.45) is 0 Å². The number of H-pyrrole nitrogens is 1. The van der Waals surface area contributed by atoms with Crippen molar-refractivity contribution in [1.82, 2.24) is 10.2 Å². The quantitative estimate of drug-likeness (QED) is 0.521. The molecule has 3 rings (SSSR count). The molecule has 0 bridgehead atoms. The van der Waals surface area contributed by atoms with Crippen LogP contribution in [0.5, 0.6) is 0 Å². The Balaban J connectivity index is 2.02. The van der Waals surface area contributed by atoms with Crippen molar-refractivity contribution < 1.29 is 39.5 Å². The van der Waals surface area contributed by atoms with E-state index < -0.39 is 35.2 Å². The van der Waals surface area contributed by atoms with Crippen molar-refractivity contribution in [3.63, 3.8) is 0 Å². The molecule has 12 heteroatoms. The molecule has 0 saturated carbocycles. The molecule has 0 amide bonds. The smallest absolute Gasteiger partial charge is 0.378 e. The first-order valence-electron chi connectivity index (χ1n) is 9.37. The molecule has 1 aromatic heterocycles. The predicted octanol–water partition coefficient (Wildman–Crippen LogP) is 6.28.